The monoisotopic (exact) mass is 344 g/mol. The van der Waals surface area contributed by atoms with Gasteiger partial charge >= 0.3 is 0 Å². The summed E-state index contributed by atoms with van der Waals surface area (Å²) in [5.41, 5.74) is 1.57. The summed E-state index contributed by atoms with van der Waals surface area (Å²) >= 11 is 3.27. The fourth-order valence-electron chi connectivity index (χ4n) is 2.32. The molecule has 1 atom stereocenters. The van der Waals surface area contributed by atoms with Crippen molar-refractivity contribution in [2.24, 2.45) is 0 Å². The molecule has 1 unspecified atom stereocenters. The van der Waals surface area contributed by atoms with Crippen molar-refractivity contribution >= 4 is 22.7 Å². The molecule has 3 aromatic rings. The molecule has 3 nitrogen and oxygen atoms in total. The van der Waals surface area contributed by atoms with Crippen molar-refractivity contribution in [1.82, 2.24) is 10.3 Å². The van der Waals surface area contributed by atoms with Crippen LogP contribution in [0.3, 0.4) is 0 Å². The van der Waals surface area contributed by atoms with Gasteiger partial charge in [-0.25, -0.2) is 4.98 Å². The number of aromatic nitrogens is 1. The summed E-state index contributed by atoms with van der Waals surface area (Å²) < 4.78 is 0. The van der Waals surface area contributed by atoms with Crippen LogP contribution in [0.5, 0.6) is 0 Å². The first kappa shape index (κ1) is 16.3. The normalized spacial score (nSPS) is 13.9. The standard InChI is InChI=1S/C18H20N2OS2/c1-13-5-7-14(8-6-13)17-20-11-15(23-17)10-19-12-18(2,21)16-4-3-9-22-16/h3-9,11,19,21H,10,12H2,1-2H3. The number of rotatable bonds is 6. The number of thiazole rings is 1. The third kappa shape index (κ3) is 4.06. The molecule has 0 saturated carbocycles. The second-order valence-electron chi connectivity index (χ2n) is 5.85. The molecule has 0 fully saturated rings. The fourth-order valence-corrected chi connectivity index (χ4v) is 3.99. The predicted molar refractivity (Wildman–Crippen MR) is 97.9 cm³/mol. The van der Waals surface area contributed by atoms with Crippen molar-refractivity contribution in [1.29, 1.82) is 0 Å². The summed E-state index contributed by atoms with van der Waals surface area (Å²) in [5, 5.41) is 16.8. The van der Waals surface area contributed by atoms with E-state index in [9.17, 15) is 5.11 Å². The molecule has 0 spiro atoms. The minimum absolute atomic E-state index is 0.519. The third-order valence-corrected chi connectivity index (χ3v) is 5.84. The number of thiophene rings is 1. The Hall–Kier alpha value is -1.53. The molecule has 0 saturated heterocycles. The maximum absolute atomic E-state index is 10.5. The molecule has 0 aliphatic heterocycles. The molecule has 3 rings (SSSR count). The highest BCUT2D eigenvalue weighted by Crippen LogP contribution is 2.26. The van der Waals surface area contributed by atoms with E-state index in [4.69, 9.17) is 0 Å². The van der Waals surface area contributed by atoms with Crippen LogP contribution in [0.4, 0.5) is 0 Å². The van der Waals surface area contributed by atoms with E-state index in [1.54, 1.807) is 22.7 Å². The van der Waals surface area contributed by atoms with Crippen molar-refractivity contribution in [2.45, 2.75) is 26.0 Å². The molecular formula is C18H20N2OS2. The zero-order valence-corrected chi connectivity index (χ0v) is 14.9. The first-order valence-electron chi connectivity index (χ1n) is 7.53. The smallest absolute Gasteiger partial charge is 0.123 e. The maximum Gasteiger partial charge on any atom is 0.123 e. The second-order valence-corrected chi connectivity index (χ2v) is 7.92. The van der Waals surface area contributed by atoms with Crippen LogP contribution in [0.1, 0.15) is 22.2 Å². The van der Waals surface area contributed by atoms with Crippen LogP contribution in [-0.2, 0) is 12.1 Å². The Morgan fingerprint density at radius 1 is 1.22 bits per heavy atom. The van der Waals surface area contributed by atoms with Crippen molar-refractivity contribution < 1.29 is 5.11 Å². The van der Waals surface area contributed by atoms with Gasteiger partial charge in [0.2, 0.25) is 0 Å². The third-order valence-electron chi connectivity index (χ3n) is 3.67. The number of aryl methyl sites for hydroxylation is 1. The lowest BCUT2D eigenvalue weighted by Crippen LogP contribution is -2.34. The Balaban J connectivity index is 1.58. The van der Waals surface area contributed by atoms with Gasteiger partial charge in [0.25, 0.3) is 0 Å². The summed E-state index contributed by atoms with van der Waals surface area (Å²) in [7, 11) is 0. The molecule has 2 aromatic heterocycles. The maximum atomic E-state index is 10.5. The predicted octanol–water partition coefficient (Wildman–Crippen LogP) is 4.18. The molecule has 0 radical (unpaired) electrons. The first-order chi connectivity index (χ1) is 11.0. The molecule has 0 aliphatic carbocycles. The van der Waals surface area contributed by atoms with Crippen LogP contribution in [-0.4, -0.2) is 16.6 Å². The van der Waals surface area contributed by atoms with Gasteiger partial charge in [-0.1, -0.05) is 35.9 Å². The highest BCUT2D eigenvalue weighted by molar-refractivity contribution is 7.15. The molecule has 0 amide bonds. The molecule has 1 aromatic carbocycles. The van der Waals surface area contributed by atoms with Gasteiger partial charge in [0.15, 0.2) is 0 Å². The number of nitrogens with zero attached hydrogens (tertiary/aromatic N) is 1. The topological polar surface area (TPSA) is 45.2 Å². The lowest BCUT2D eigenvalue weighted by Gasteiger charge is -2.22. The van der Waals surface area contributed by atoms with Crippen molar-refractivity contribution in [3.63, 3.8) is 0 Å². The Kier molecular flexibility index (Phi) is 4.92. The van der Waals surface area contributed by atoms with Crippen LogP contribution < -0.4 is 5.32 Å². The van der Waals surface area contributed by atoms with Crippen molar-refractivity contribution in [2.75, 3.05) is 6.54 Å². The van der Waals surface area contributed by atoms with E-state index >= 15 is 0 Å². The van der Waals surface area contributed by atoms with Gasteiger partial charge in [0, 0.05) is 34.6 Å². The Morgan fingerprint density at radius 2 is 2.00 bits per heavy atom. The minimum Gasteiger partial charge on any atom is -0.383 e. The zero-order valence-electron chi connectivity index (χ0n) is 13.2. The Labute approximate surface area is 144 Å². The van der Waals surface area contributed by atoms with E-state index in [-0.39, 0.29) is 0 Å². The summed E-state index contributed by atoms with van der Waals surface area (Å²) in [5.74, 6) is 0. The Morgan fingerprint density at radius 3 is 2.70 bits per heavy atom. The van der Waals surface area contributed by atoms with Gasteiger partial charge in [0.05, 0.1) is 0 Å². The number of benzene rings is 1. The van der Waals surface area contributed by atoms with Gasteiger partial charge in [0.1, 0.15) is 10.6 Å². The van der Waals surface area contributed by atoms with E-state index in [0.717, 1.165) is 15.4 Å². The van der Waals surface area contributed by atoms with E-state index in [2.05, 4.69) is 41.5 Å². The van der Waals surface area contributed by atoms with Gasteiger partial charge < -0.3 is 10.4 Å². The largest absolute Gasteiger partial charge is 0.383 e. The molecule has 23 heavy (non-hydrogen) atoms. The van der Waals surface area contributed by atoms with Crippen LogP contribution in [0.15, 0.2) is 48.0 Å². The van der Waals surface area contributed by atoms with Crippen LogP contribution in [0.25, 0.3) is 10.6 Å². The quantitative estimate of drug-likeness (QED) is 0.705. The number of hydrogen-bond donors (Lipinski definition) is 2. The van der Waals surface area contributed by atoms with Gasteiger partial charge in [-0.05, 0) is 25.3 Å². The van der Waals surface area contributed by atoms with Gasteiger partial charge in [-0.15, -0.1) is 22.7 Å². The van der Waals surface area contributed by atoms with E-state index < -0.39 is 5.60 Å². The second kappa shape index (κ2) is 6.93. The van der Waals surface area contributed by atoms with Gasteiger partial charge in [-0.3, -0.25) is 0 Å². The van der Waals surface area contributed by atoms with Crippen LogP contribution in [0, 0.1) is 6.92 Å². The molecular weight excluding hydrogens is 324 g/mol. The summed E-state index contributed by atoms with van der Waals surface area (Å²) in [4.78, 5) is 6.65. The highest BCUT2D eigenvalue weighted by Gasteiger charge is 2.23. The molecule has 0 bridgehead atoms. The first-order valence-corrected chi connectivity index (χ1v) is 9.23. The number of nitrogens with one attached hydrogen (secondary N) is 1. The average molecular weight is 345 g/mol. The molecule has 0 aliphatic rings. The lowest BCUT2D eigenvalue weighted by molar-refractivity contribution is 0.0605. The van der Waals surface area contributed by atoms with Crippen LogP contribution in [0.2, 0.25) is 0 Å². The lowest BCUT2D eigenvalue weighted by atomic mass is 10.1. The van der Waals surface area contributed by atoms with E-state index in [1.807, 2.05) is 30.6 Å². The van der Waals surface area contributed by atoms with Gasteiger partial charge in [-0.2, -0.15) is 0 Å². The summed E-state index contributed by atoms with van der Waals surface area (Å²) in [6.07, 6.45) is 1.91. The SMILES string of the molecule is Cc1ccc(-c2ncc(CNCC(C)(O)c3cccs3)s2)cc1. The average Bonchev–Trinajstić information content (AvgIpc) is 3.19. The van der Waals surface area contributed by atoms with E-state index in [1.165, 1.54) is 10.4 Å². The summed E-state index contributed by atoms with van der Waals surface area (Å²) in [6, 6.07) is 12.3. The van der Waals surface area contributed by atoms with Crippen molar-refractivity contribution in [3.8, 4) is 10.6 Å². The van der Waals surface area contributed by atoms with E-state index in [0.29, 0.717) is 13.1 Å². The highest BCUT2D eigenvalue weighted by atomic mass is 32.1. The Bertz CT molecular complexity index is 746. The fraction of sp³-hybridized carbons (Fsp3) is 0.278. The number of hydrogen-bond acceptors (Lipinski definition) is 5. The van der Waals surface area contributed by atoms with Crippen LogP contribution >= 0.6 is 22.7 Å². The number of aliphatic hydroxyl groups is 1. The zero-order chi connectivity index (χ0) is 16.3. The molecule has 120 valence electrons. The molecule has 2 N–H and O–H groups in total. The molecule has 5 heteroatoms. The summed E-state index contributed by atoms with van der Waals surface area (Å²) in [6.45, 7) is 5.16. The molecule has 2 heterocycles. The van der Waals surface area contributed by atoms with Crippen molar-refractivity contribution in [3.05, 3.63) is 63.3 Å². The minimum atomic E-state index is -0.835.